The van der Waals surface area contributed by atoms with Gasteiger partial charge in [-0.05, 0) is 29.9 Å². The van der Waals surface area contributed by atoms with Crippen LogP contribution < -0.4 is 9.80 Å². The van der Waals surface area contributed by atoms with E-state index in [-0.39, 0.29) is 16.8 Å². The first-order valence-corrected chi connectivity index (χ1v) is 8.88. The van der Waals surface area contributed by atoms with Crippen molar-refractivity contribution in [2.75, 3.05) is 29.9 Å². The minimum absolute atomic E-state index is 0.0235. The second-order valence-electron chi connectivity index (χ2n) is 6.01. The summed E-state index contributed by atoms with van der Waals surface area (Å²) in [5.74, 6) is 1.28. The van der Waals surface area contributed by atoms with Gasteiger partial charge in [0.15, 0.2) is 5.82 Å². The van der Waals surface area contributed by atoms with E-state index in [1.54, 1.807) is 22.2 Å². The minimum atomic E-state index is -0.359. The molecule has 10 heteroatoms. The second-order valence-corrected chi connectivity index (χ2v) is 6.88. The summed E-state index contributed by atoms with van der Waals surface area (Å²) < 4.78 is 1.54. The zero-order valence-corrected chi connectivity index (χ0v) is 14.5. The van der Waals surface area contributed by atoms with Crippen molar-refractivity contribution >= 4 is 33.8 Å². The van der Waals surface area contributed by atoms with Crippen LogP contribution in [0.5, 0.6) is 0 Å². The molecule has 0 N–H and O–H groups in total. The van der Waals surface area contributed by atoms with Crippen LogP contribution in [-0.2, 0) is 0 Å². The lowest BCUT2D eigenvalue weighted by Gasteiger charge is -2.37. The van der Waals surface area contributed by atoms with Gasteiger partial charge in [0.1, 0.15) is 6.20 Å². The topological polar surface area (TPSA) is 92.7 Å². The Kier molecular flexibility index (Phi) is 3.96. The molecule has 0 aliphatic carbocycles. The molecule has 3 aromatic heterocycles. The van der Waals surface area contributed by atoms with Crippen LogP contribution in [0.15, 0.2) is 29.9 Å². The third-order valence-corrected chi connectivity index (χ3v) is 5.31. The molecular formula is C15H17N7O2S. The Bertz CT molecular complexity index is 894. The molecule has 0 saturated carbocycles. The van der Waals surface area contributed by atoms with Gasteiger partial charge in [-0.3, -0.25) is 0 Å². The Morgan fingerprint density at radius 2 is 2.36 bits per heavy atom. The Morgan fingerprint density at radius 3 is 3.12 bits per heavy atom. The predicted molar refractivity (Wildman–Crippen MR) is 95.4 cm³/mol. The number of piperidine rings is 1. The normalized spacial score (nSPS) is 17.8. The number of nitro groups is 1. The first kappa shape index (κ1) is 15.8. The Hall–Kier alpha value is -2.75. The highest BCUT2D eigenvalue weighted by atomic mass is 32.1. The fraction of sp³-hybridized carbons (Fsp3) is 0.400. The van der Waals surface area contributed by atoms with Crippen LogP contribution in [0.2, 0.25) is 0 Å². The minimum Gasteiger partial charge on any atom is -0.358 e. The molecule has 0 aromatic carbocycles. The number of hydrogen-bond donors (Lipinski definition) is 0. The van der Waals surface area contributed by atoms with Crippen LogP contribution in [-0.4, -0.2) is 50.7 Å². The van der Waals surface area contributed by atoms with Gasteiger partial charge in [-0.2, -0.15) is 14.5 Å². The van der Waals surface area contributed by atoms with Gasteiger partial charge in [0.25, 0.3) is 4.96 Å². The van der Waals surface area contributed by atoms with Gasteiger partial charge in [-0.25, -0.2) is 0 Å². The van der Waals surface area contributed by atoms with E-state index in [9.17, 15) is 10.1 Å². The summed E-state index contributed by atoms with van der Waals surface area (Å²) in [6.45, 7) is 1.64. The molecule has 130 valence electrons. The van der Waals surface area contributed by atoms with Gasteiger partial charge >= 0.3 is 5.82 Å². The number of imidazole rings is 1. The van der Waals surface area contributed by atoms with Crippen molar-refractivity contribution < 1.29 is 4.92 Å². The number of aromatic nitrogens is 4. The van der Waals surface area contributed by atoms with Crippen molar-refractivity contribution in [3.8, 4) is 0 Å². The largest absolute Gasteiger partial charge is 0.373 e. The molecule has 0 spiro atoms. The molecule has 1 aliphatic rings. The van der Waals surface area contributed by atoms with E-state index in [2.05, 4.69) is 20.1 Å². The molecule has 1 atom stereocenters. The number of fused-ring (bicyclic) bond motifs is 1. The molecule has 4 rings (SSSR count). The van der Waals surface area contributed by atoms with E-state index in [4.69, 9.17) is 0 Å². The second kappa shape index (κ2) is 6.28. The van der Waals surface area contributed by atoms with Gasteiger partial charge in [0, 0.05) is 37.8 Å². The number of likely N-dealkylation sites (N-methyl/N-ethyl adjacent to an activating group) is 1. The first-order chi connectivity index (χ1) is 12.1. The average Bonchev–Trinajstić information content (AvgIpc) is 3.22. The maximum Gasteiger partial charge on any atom is 0.373 e. The van der Waals surface area contributed by atoms with Crippen molar-refractivity contribution in [1.82, 2.24) is 19.6 Å². The molecular weight excluding hydrogens is 342 g/mol. The molecule has 1 fully saturated rings. The van der Waals surface area contributed by atoms with E-state index >= 15 is 0 Å². The Labute approximate surface area is 147 Å². The molecule has 0 amide bonds. The van der Waals surface area contributed by atoms with E-state index in [1.165, 1.54) is 11.3 Å². The van der Waals surface area contributed by atoms with Crippen molar-refractivity contribution in [1.29, 1.82) is 0 Å². The molecule has 9 nitrogen and oxygen atoms in total. The molecule has 1 unspecified atom stereocenters. The third kappa shape index (κ3) is 2.78. The van der Waals surface area contributed by atoms with Crippen LogP contribution in [0, 0.1) is 10.1 Å². The van der Waals surface area contributed by atoms with Gasteiger partial charge < -0.3 is 19.9 Å². The van der Waals surface area contributed by atoms with Crippen LogP contribution in [0.1, 0.15) is 12.8 Å². The summed E-state index contributed by atoms with van der Waals surface area (Å²) in [6, 6.07) is 3.92. The van der Waals surface area contributed by atoms with Crippen molar-refractivity contribution in [3.05, 3.63) is 40.0 Å². The molecule has 4 heterocycles. The fourth-order valence-corrected chi connectivity index (χ4v) is 3.99. The van der Waals surface area contributed by atoms with Gasteiger partial charge in [0.05, 0.1) is 0 Å². The summed E-state index contributed by atoms with van der Waals surface area (Å²) in [4.78, 5) is 20.4. The summed E-state index contributed by atoms with van der Waals surface area (Å²) in [5.41, 5.74) is 0. The van der Waals surface area contributed by atoms with E-state index in [0.29, 0.717) is 10.8 Å². The van der Waals surface area contributed by atoms with Gasteiger partial charge in [-0.1, -0.05) is 11.3 Å². The quantitative estimate of drug-likeness (QED) is 0.521. The highest BCUT2D eigenvalue weighted by Gasteiger charge is 2.32. The highest BCUT2D eigenvalue weighted by Crippen LogP contribution is 2.33. The molecule has 0 radical (unpaired) electrons. The van der Waals surface area contributed by atoms with Crippen LogP contribution in [0.3, 0.4) is 0 Å². The molecule has 3 aromatic rings. The average molecular weight is 359 g/mol. The highest BCUT2D eigenvalue weighted by molar-refractivity contribution is 7.15. The van der Waals surface area contributed by atoms with Crippen molar-refractivity contribution in [2.45, 2.75) is 18.9 Å². The van der Waals surface area contributed by atoms with E-state index < -0.39 is 0 Å². The van der Waals surface area contributed by atoms with E-state index in [1.807, 2.05) is 24.1 Å². The summed E-state index contributed by atoms with van der Waals surface area (Å²) in [6.07, 6.45) is 5.28. The molecule has 1 aliphatic heterocycles. The van der Waals surface area contributed by atoms with E-state index in [0.717, 1.165) is 31.7 Å². The summed E-state index contributed by atoms with van der Waals surface area (Å²) in [7, 11) is 1.88. The lowest BCUT2D eigenvalue weighted by atomic mass is 10.0. The van der Waals surface area contributed by atoms with Crippen molar-refractivity contribution in [2.24, 2.45) is 0 Å². The summed E-state index contributed by atoms with van der Waals surface area (Å²) >= 11 is 1.39. The summed E-state index contributed by atoms with van der Waals surface area (Å²) in [5, 5.41) is 21.5. The smallest absolute Gasteiger partial charge is 0.358 e. The molecule has 0 bridgehead atoms. The lowest BCUT2D eigenvalue weighted by Crippen LogP contribution is -2.47. The number of nitrogens with zero attached hydrogens (tertiary/aromatic N) is 7. The Balaban J connectivity index is 1.62. The molecule has 25 heavy (non-hydrogen) atoms. The molecule has 1 saturated heterocycles. The maximum atomic E-state index is 11.6. The van der Waals surface area contributed by atoms with Gasteiger partial charge in [-0.15, -0.1) is 5.10 Å². The zero-order chi connectivity index (χ0) is 17.4. The zero-order valence-electron chi connectivity index (χ0n) is 13.6. The third-order valence-electron chi connectivity index (χ3n) is 4.55. The van der Waals surface area contributed by atoms with Crippen LogP contribution in [0.4, 0.5) is 17.5 Å². The maximum absolute atomic E-state index is 11.6. The number of hydrogen-bond acceptors (Lipinski definition) is 8. The standard InChI is InChI=1S/C15H17N7O2S/c1-19(13-14(22(23)24)21-8-9-25-15(21)17-13)11-4-3-7-20(10-11)12-5-2-6-16-18-12/h2,5-6,8-9,11H,3-4,7,10H2,1H3. The number of rotatable bonds is 4. The number of anilines is 2. The van der Waals surface area contributed by atoms with Crippen LogP contribution >= 0.6 is 11.3 Å². The van der Waals surface area contributed by atoms with Gasteiger partial charge in [0.2, 0.25) is 5.82 Å². The van der Waals surface area contributed by atoms with Crippen LogP contribution in [0.25, 0.3) is 4.96 Å². The monoisotopic (exact) mass is 359 g/mol. The fourth-order valence-electron chi connectivity index (χ4n) is 3.28. The lowest BCUT2D eigenvalue weighted by molar-refractivity contribution is -0.389. The SMILES string of the molecule is CN(c1nc2sccn2c1[N+](=O)[O-])C1CCCN(c2cccnn2)C1. The first-order valence-electron chi connectivity index (χ1n) is 8.00. The van der Waals surface area contributed by atoms with Crippen molar-refractivity contribution in [3.63, 3.8) is 0 Å². The Morgan fingerprint density at radius 1 is 1.48 bits per heavy atom. The number of thiazole rings is 1. The predicted octanol–water partition coefficient (Wildman–Crippen LogP) is 2.20.